The maximum Gasteiger partial charge on any atom is 0.227 e. The molecular weight excluding hydrogens is 241 g/mol. The Morgan fingerprint density at radius 3 is 3.08 bits per heavy atom. The molecule has 0 radical (unpaired) electrons. The monoisotopic (exact) mass is 245 g/mol. The van der Waals surface area contributed by atoms with Crippen LogP contribution in [0.1, 0.15) is 5.56 Å². The largest absolute Gasteiger partial charge is 0.431 e. The van der Waals surface area contributed by atoms with E-state index in [4.69, 9.17) is 16.0 Å². The van der Waals surface area contributed by atoms with Crippen molar-refractivity contribution in [3.05, 3.63) is 28.6 Å². The van der Waals surface area contributed by atoms with Gasteiger partial charge in [0.2, 0.25) is 5.71 Å². The minimum atomic E-state index is 0.478. The third-order valence-electron chi connectivity index (χ3n) is 1.55. The van der Waals surface area contributed by atoms with Crippen molar-refractivity contribution in [1.29, 1.82) is 0 Å². The molecule has 0 aliphatic carbocycles. The average molecular weight is 246 g/mol. The van der Waals surface area contributed by atoms with Crippen LogP contribution >= 0.6 is 27.5 Å². The summed E-state index contributed by atoms with van der Waals surface area (Å²) in [5.74, 6) is 0.478. The highest BCUT2D eigenvalue weighted by molar-refractivity contribution is 9.10. The van der Waals surface area contributed by atoms with Gasteiger partial charge in [0.15, 0.2) is 4.67 Å². The van der Waals surface area contributed by atoms with Crippen molar-refractivity contribution < 1.29 is 4.42 Å². The van der Waals surface area contributed by atoms with Crippen molar-refractivity contribution in [2.75, 3.05) is 0 Å². The number of furan rings is 1. The number of fused-ring (bicyclic) bond motifs is 1. The summed E-state index contributed by atoms with van der Waals surface area (Å²) in [6, 6.07) is 3.84. The molecule has 12 heavy (non-hydrogen) atoms. The van der Waals surface area contributed by atoms with Crippen LogP contribution in [0.25, 0.3) is 11.1 Å². The van der Waals surface area contributed by atoms with Gasteiger partial charge in [-0.15, -0.1) is 11.6 Å². The van der Waals surface area contributed by atoms with E-state index in [2.05, 4.69) is 20.9 Å². The van der Waals surface area contributed by atoms with Gasteiger partial charge in [-0.1, -0.05) is 0 Å². The number of pyridine rings is 1. The average Bonchev–Trinajstić information content (AvgIpc) is 2.43. The lowest BCUT2D eigenvalue weighted by Crippen LogP contribution is -1.79. The molecular formula is C8H5BrClNO. The zero-order valence-corrected chi connectivity index (χ0v) is 8.39. The molecule has 0 amide bonds. The maximum atomic E-state index is 5.65. The van der Waals surface area contributed by atoms with Gasteiger partial charge in [-0.3, -0.25) is 0 Å². The zero-order valence-electron chi connectivity index (χ0n) is 6.05. The normalized spacial score (nSPS) is 10.8. The molecule has 2 heterocycles. The number of hydrogen-bond acceptors (Lipinski definition) is 2. The topological polar surface area (TPSA) is 26.0 Å². The molecule has 0 spiro atoms. The Labute approximate surface area is 82.7 Å². The lowest BCUT2D eigenvalue weighted by molar-refractivity contribution is 0.575. The summed E-state index contributed by atoms with van der Waals surface area (Å²) in [5.41, 5.74) is 1.63. The zero-order chi connectivity index (χ0) is 8.55. The molecule has 0 aliphatic heterocycles. The molecule has 0 bridgehead atoms. The molecule has 0 saturated carbocycles. The second-order valence-corrected chi connectivity index (χ2v) is 3.47. The minimum absolute atomic E-state index is 0.478. The molecule has 2 nitrogen and oxygen atoms in total. The van der Waals surface area contributed by atoms with Gasteiger partial charge in [0, 0.05) is 23.5 Å². The second-order valence-electron chi connectivity index (χ2n) is 2.42. The first kappa shape index (κ1) is 8.08. The van der Waals surface area contributed by atoms with Crippen LogP contribution in [0.2, 0.25) is 0 Å². The Balaban J connectivity index is 2.66. The molecule has 0 aromatic carbocycles. The standard InChI is InChI=1S/C8H5BrClNO/c9-7-2-6-1-5(3-10)4-11-8(6)12-7/h1-2,4H,3H2. The Bertz CT molecular complexity index is 412. The van der Waals surface area contributed by atoms with Crippen LogP contribution in [0.3, 0.4) is 0 Å². The Morgan fingerprint density at radius 1 is 1.50 bits per heavy atom. The van der Waals surface area contributed by atoms with E-state index in [9.17, 15) is 0 Å². The van der Waals surface area contributed by atoms with Crippen LogP contribution in [-0.2, 0) is 5.88 Å². The Morgan fingerprint density at radius 2 is 2.33 bits per heavy atom. The van der Waals surface area contributed by atoms with Crippen molar-refractivity contribution in [2.45, 2.75) is 5.88 Å². The molecule has 4 heteroatoms. The summed E-state index contributed by atoms with van der Waals surface area (Å²) in [7, 11) is 0. The summed E-state index contributed by atoms with van der Waals surface area (Å²) in [4.78, 5) is 4.09. The molecule has 0 saturated heterocycles. The predicted octanol–water partition coefficient (Wildman–Crippen LogP) is 3.33. The van der Waals surface area contributed by atoms with E-state index in [-0.39, 0.29) is 0 Å². The number of halogens is 2. The van der Waals surface area contributed by atoms with Gasteiger partial charge >= 0.3 is 0 Å². The Hall–Kier alpha value is -0.540. The molecule has 62 valence electrons. The van der Waals surface area contributed by atoms with Crippen LogP contribution in [0.4, 0.5) is 0 Å². The molecule has 0 N–H and O–H groups in total. The second kappa shape index (κ2) is 3.07. The number of rotatable bonds is 1. The van der Waals surface area contributed by atoms with Gasteiger partial charge in [0.25, 0.3) is 0 Å². The first-order valence-corrected chi connectivity index (χ1v) is 4.72. The van der Waals surface area contributed by atoms with Crippen LogP contribution in [0.5, 0.6) is 0 Å². The fourth-order valence-corrected chi connectivity index (χ4v) is 1.57. The van der Waals surface area contributed by atoms with Crippen LogP contribution in [-0.4, -0.2) is 4.98 Å². The SMILES string of the molecule is ClCc1cnc2oc(Br)cc2c1. The smallest absolute Gasteiger partial charge is 0.227 e. The highest BCUT2D eigenvalue weighted by Crippen LogP contribution is 2.22. The molecule has 0 fully saturated rings. The molecule has 2 rings (SSSR count). The van der Waals surface area contributed by atoms with Gasteiger partial charge in [0.05, 0.1) is 0 Å². The van der Waals surface area contributed by atoms with E-state index in [0.29, 0.717) is 16.3 Å². The third-order valence-corrected chi connectivity index (χ3v) is 2.25. The van der Waals surface area contributed by atoms with Crippen molar-refractivity contribution in [1.82, 2.24) is 4.98 Å². The minimum Gasteiger partial charge on any atom is -0.431 e. The first-order chi connectivity index (χ1) is 5.79. The van der Waals surface area contributed by atoms with Crippen molar-refractivity contribution in [3.8, 4) is 0 Å². The van der Waals surface area contributed by atoms with Crippen molar-refractivity contribution in [2.24, 2.45) is 0 Å². The van der Waals surface area contributed by atoms with Crippen molar-refractivity contribution >= 4 is 38.6 Å². The molecule has 2 aromatic heterocycles. The highest BCUT2D eigenvalue weighted by Gasteiger charge is 2.02. The number of aromatic nitrogens is 1. The lowest BCUT2D eigenvalue weighted by atomic mass is 10.2. The summed E-state index contributed by atoms with van der Waals surface area (Å²) >= 11 is 8.88. The van der Waals surface area contributed by atoms with E-state index < -0.39 is 0 Å². The van der Waals surface area contributed by atoms with Crippen LogP contribution in [0, 0.1) is 0 Å². The summed E-state index contributed by atoms with van der Waals surface area (Å²) < 4.78 is 5.92. The van der Waals surface area contributed by atoms with E-state index in [1.54, 1.807) is 6.20 Å². The van der Waals surface area contributed by atoms with E-state index >= 15 is 0 Å². The highest BCUT2D eigenvalue weighted by atomic mass is 79.9. The summed E-state index contributed by atoms with van der Waals surface area (Å²) in [6.45, 7) is 0. The van der Waals surface area contributed by atoms with E-state index in [0.717, 1.165) is 10.9 Å². The van der Waals surface area contributed by atoms with Gasteiger partial charge in [0.1, 0.15) is 0 Å². The van der Waals surface area contributed by atoms with E-state index in [1.165, 1.54) is 0 Å². The fraction of sp³-hybridized carbons (Fsp3) is 0.125. The molecule has 2 aromatic rings. The first-order valence-electron chi connectivity index (χ1n) is 3.39. The van der Waals surface area contributed by atoms with E-state index in [1.807, 2.05) is 12.1 Å². The molecule has 0 aliphatic rings. The molecule has 0 atom stereocenters. The Kier molecular flexibility index (Phi) is 2.07. The van der Waals surface area contributed by atoms with Gasteiger partial charge in [-0.25, -0.2) is 4.98 Å². The number of alkyl halides is 1. The number of hydrogen-bond donors (Lipinski definition) is 0. The predicted molar refractivity (Wildman–Crippen MR) is 51.3 cm³/mol. The van der Waals surface area contributed by atoms with Gasteiger partial charge in [-0.2, -0.15) is 0 Å². The molecule has 0 unspecified atom stereocenters. The lowest BCUT2D eigenvalue weighted by Gasteiger charge is -1.91. The van der Waals surface area contributed by atoms with Gasteiger partial charge < -0.3 is 4.42 Å². The number of nitrogens with zero attached hydrogens (tertiary/aromatic N) is 1. The quantitative estimate of drug-likeness (QED) is 0.721. The fourth-order valence-electron chi connectivity index (χ4n) is 1.02. The van der Waals surface area contributed by atoms with Crippen LogP contribution < -0.4 is 0 Å². The van der Waals surface area contributed by atoms with Gasteiger partial charge in [-0.05, 0) is 27.6 Å². The summed E-state index contributed by atoms with van der Waals surface area (Å²) in [5, 5.41) is 0.972. The maximum absolute atomic E-state index is 5.65. The summed E-state index contributed by atoms with van der Waals surface area (Å²) in [6.07, 6.45) is 1.71. The van der Waals surface area contributed by atoms with Crippen LogP contribution in [0.15, 0.2) is 27.4 Å². The van der Waals surface area contributed by atoms with Crippen molar-refractivity contribution in [3.63, 3.8) is 0 Å². The third kappa shape index (κ3) is 1.34.